The highest BCUT2D eigenvalue weighted by Gasteiger charge is 2.46. The molecule has 166 valence electrons. The van der Waals surface area contributed by atoms with Gasteiger partial charge in [0.15, 0.2) is 11.5 Å². The molecule has 8 heteroatoms. The lowest BCUT2D eigenvalue weighted by atomic mass is 9.95. The SMILES string of the molecule is CCCCN1C(=O)C(=O)/C(=C(\O)c2ccc3c(c2)OCO3)C1c1cccc(OC(C)=O)c1. The Bertz CT molecular complexity index is 1120. The van der Waals surface area contributed by atoms with Gasteiger partial charge in [-0.25, -0.2) is 0 Å². The molecule has 1 N–H and O–H groups in total. The van der Waals surface area contributed by atoms with Crippen molar-refractivity contribution in [2.24, 2.45) is 0 Å². The number of rotatable bonds is 6. The first-order valence-corrected chi connectivity index (χ1v) is 10.4. The molecule has 0 aliphatic carbocycles. The summed E-state index contributed by atoms with van der Waals surface area (Å²) in [4.78, 5) is 38.8. The first-order valence-electron chi connectivity index (χ1n) is 10.4. The van der Waals surface area contributed by atoms with Crippen LogP contribution < -0.4 is 14.2 Å². The summed E-state index contributed by atoms with van der Waals surface area (Å²) in [7, 11) is 0. The smallest absolute Gasteiger partial charge is 0.308 e. The second-order valence-electron chi connectivity index (χ2n) is 7.58. The van der Waals surface area contributed by atoms with Gasteiger partial charge in [-0.05, 0) is 42.3 Å². The molecule has 2 aliphatic heterocycles. The lowest BCUT2D eigenvalue weighted by molar-refractivity contribution is -0.139. The standard InChI is InChI=1S/C24H23NO7/c1-3-4-10-25-21(15-6-5-7-17(11-15)32-14(2)26)20(23(28)24(25)29)22(27)16-8-9-18-19(12-16)31-13-30-18/h5-9,11-12,21,27H,3-4,10,13H2,1-2H3/b22-20-. The minimum atomic E-state index is -0.817. The van der Waals surface area contributed by atoms with Crippen molar-refractivity contribution in [3.63, 3.8) is 0 Å². The lowest BCUT2D eigenvalue weighted by Gasteiger charge is -2.25. The maximum atomic E-state index is 13.0. The van der Waals surface area contributed by atoms with Gasteiger partial charge in [0.2, 0.25) is 6.79 Å². The molecule has 32 heavy (non-hydrogen) atoms. The molecule has 2 heterocycles. The second kappa shape index (κ2) is 8.74. The average molecular weight is 437 g/mol. The van der Waals surface area contributed by atoms with Gasteiger partial charge in [0, 0.05) is 19.0 Å². The molecule has 0 radical (unpaired) electrons. The van der Waals surface area contributed by atoms with Crippen molar-refractivity contribution in [2.75, 3.05) is 13.3 Å². The number of amides is 1. The summed E-state index contributed by atoms with van der Waals surface area (Å²) in [6.45, 7) is 3.70. The predicted molar refractivity (Wildman–Crippen MR) is 114 cm³/mol. The van der Waals surface area contributed by atoms with E-state index in [4.69, 9.17) is 14.2 Å². The molecular formula is C24H23NO7. The van der Waals surface area contributed by atoms with Crippen LogP contribution in [0.15, 0.2) is 48.0 Å². The van der Waals surface area contributed by atoms with Crippen LogP contribution in [-0.2, 0) is 14.4 Å². The van der Waals surface area contributed by atoms with Gasteiger partial charge in [0.25, 0.3) is 11.7 Å². The number of nitrogens with zero attached hydrogens (tertiary/aromatic N) is 1. The fourth-order valence-electron chi connectivity index (χ4n) is 3.90. The van der Waals surface area contributed by atoms with Crippen molar-refractivity contribution in [3.05, 3.63) is 59.2 Å². The number of hydrogen-bond donors (Lipinski definition) is 1. The Hall–Kier alpha value is -3.81. The van der Waals surface area contributed by atoms with Crippen molar-refractivity contribution in [2.45, 2.75) is 32.7 Å². The molecule has 1 saturated heterocycles. The molecular weight excluding hydrogens is 414 g/mol. The second-order valence-corrected chi connectivity index (χ2v) is 7.58. The molecule has 2 aromatic carbocycles. The Morgan fingerprint density at radius 1 is 1.16 bits per heavy atom. The molecule has 0 spiro atoms. The first kappa shape index (κ1) is 21.4. The first-order chi connectivity index (χ1) is 15.4. The van der Waals surface area contributed by atoms with E-state index in [2.05, 4.69) is 0 Å². The third kappa shape index (κ3) is 3.91. The number of esters is 1. The number of aliphatic hydroxyl groups excluding tert-OH is 1. The fourth-order valence-corrected chi connectivity index (χ4v) is 3.90. The number of Topliss-reactive ketones (excluding diaryl/α,β-unsaturated/α-hetero) is 1. The van der Waals surface area contributed by atoms with Crippen LogP contribution in [-0.4, -0.2) is 41.0 Å². The minimum absolute atomic E-state index is 0.0232. The van der Waals surface area contributed by atoms with Crippen LogP contribution in [0.1, 0.15) is 43.9 Å². The van der Waals surface area contributed by atoms with Crippen LogP contribution in [0.25, 0.3) is 5.76 Å². The Morgan fingerprint density at radius 2 is 1.94 bits per heavy atom. The number of ketones is 1. The molecule has 0 aromatic heterocycles. The van der Waals surface area contributed by atoms with Crippen molar-refractivity contribution in [1.82, 2.24) is 4.90 Å². The van der Waals surface area contributed by atoms with E-state index < -0.39 is 23.7 Å². The Balaban J connectivity index is 1.83. The average Bonchev–Trinajstić information content (AvgIpc) is 3.34. The molecule has 0 saturated carbocycles. The van der Waals surface area contributed by atoms with Crippen LogP contribution >= 0.6 is 0 Å². The highest BCUT2D eigenvalue weighted by Crippen LogP contribution is 2.42. The number of benzene rings is 2. The van der Waals surface area contributed by atoms with Crippen molar-refractivity contribution >= 4 is 23.4 Å². The summed E-state index contributed by atoms with van der Waals surface area (Å²) in [5, 5.41) is 11.1. The van der Waals surface area contributed by atoms with E-state index in [0.717, 1.165) is 6.42 Å². The van der Waals surface area contributed by atoms with Gasteiger partial charge in [-0.15, -0.1) is 0 Å². The van der Waals surface area contributed by atoms with E-state index >= 15 is 0 Å². The number of fused-ring (bicyclic) bond motifs is 1. The molecule has 2 aromatic rings. The summed E-state index contributed by atoms with van der Waals surface area (Å²) < 4.78 is 15.9. The van der Waals surface area contributed by atoms with E-state index in [1.807, 2.05) is 6.92 Å². The lowest BCUT2D eigenvalue weighted by Crippen LogP contribution is -2.30. The fraction of sp³-hybridized carbons (Fsp3) is 0.292. The molecule has 1 unspecified atom stereocenters. The molecule has 2 aliphatic rings. The number of likely N-dealkylation sites (tertiary alicyclic amines) is 1. The van der Waals surface area contributed by atoms with Crippen molar-refractivity contribution < 1.29 is 33.7 Å². The van der Waals surface area contributed by atoms with Crippen LogP contribution in [0, 0.1) is 0 Å². The maximum absolute atomic E-state index is 13.0. The van der Waals surface area contributed by atoms with Crippen LogP contribution in [0.5, 0.6) is 17.2 Å². The topological polar surface area (TPSA) is 102 Å². The molecule has 1 atom stereocenters. The van der Waals surface area contributed by atoms with E-state index in [9.17, 15) is 19.5 Å². The molecule has 1 amide bonds. The van der Waals surface area contributed by atoms with Crippen molar-refractivity contribution in [1.29, 1.82) is 0 Å². The number of carbonyl (C=O) groups is 3. The quantitative estimate of drug-likeness (QED) is 0.242. The number of hydrogen-bond acceptors (Lipinski definition) is 7. The van der Waals surface area contributed by atoms with Gasteiger partial charge >= 0.3 is 5.97 Å². The Kier molecular flexibility index (Phi) is 5.85. The third-order valence-electron chi connectivity index (χ3n) is 5.37. The maximum Gasteiger partial charge on any atom is 0.308 e. The van der Waals surface area contributed by atoms with E-state index in [-0.39, 0.29) is 18.1 Å². The normalized spacial score (nSPS) is 18.8. The summed E-state index contributed by atoms with van der Waals surface area (Å²) in [5.74, 6) is -0.953. The van der Waals surface area contributed by atoms with Crippen LogP contribution in [0.2, 0.25) is 0 Å². The minimum Gasteiger partial charge on any atom is -0.507 e. The molecule has 8 nitrogen and oxygen atoms in total. The highest BCUT2D eigenvalue weighted by molar-refractivity contribution is 6.46. The zero-order chi connectivity index (χ0) is 22.8. The number of aliphatic hydroxyl groups is 1. The molecule has 1 fully saturated rings. The monoisotopic (exact) mass is 437 g/mol. The van der Waals surface area contributed by atoms with Gasteiger partial charge in [-0.3, -0.25) is 14.4 Å². The van der Waals surface area contributed by atoms with E-state index in [1.165, 1.54) is 11.8 Å². The number of unbranched alkanes of at least 4 members (excludes halogenated alkanes) is 1. The number of carbonyl (C=O) groups excluding carboxylic acids is 3. The van der Waals surface area contributed by atoms with Crippen LogP contribution in [0.3, 0.4) is 0 Å². The summed E-state index contributed by atoms with van der Waals surface area (Å²) in [6, 6.07) is 10.6. The van der Waals surface area contributed by atoms with Crippen molar-refractivity contribution in [3.8, 4) is 17.2 Å². The van der Waals surface area contributed by atoms with Gasteiger partial charge in [-0.2, -0.15) is 0 Å². The van der Waals surface area contributed by atoms with E-state index in [0.29, 0.717) is 41.3 Å². The predicted octanol–water partition coefficient (Wildman–Crippen LogP) is 3.56. The molecule has 4 rings (SSSR count). The summed E-state index contributed by atoms with van der Waals surface area (Å²) in [6.07, 6.45) is 1.52. The van der Waals surface area contributed by atoms with E-state index in [1.54, 1.807) is 42.5 Å². The molecule has 0 bridgehead atoms. The van der Waals surface area contributed by atoms with Crippen LogP contribution in [0.4, 0.5) is 0 Å². The third-order valence-corrected chi connectivity index (χ3v) is 5.37. The largest absolute Gasteiger partial charge is 0.507 e. The van der Waals surface area contributed by atoms with Gasteiger partial charge in [0.05, 0.1) is 11.6 Å². The highest BCUT2D eigenvalue weighted by atomic mass is 16.7. The zero-order valence-electron chi connectivity index (χ0n) is 17.8. The van der Waals surface area contributed by atoms with Gasteiger partial charge in [-0.1, -0.05) is 25.5 Å². The summed E-state index contributed by atoms with van der Waals surface area (Å²) in [5.41, 5.74) is 0.871. The summed E-state index contributed by atoms with van der Waals surface area (Å²) >= 11 is 0. The van der Waals surface area contributed by atoms with Gasteiger partial charge in [0.1, 0.15) is 11.5 Å². The Labute approximate surface area is 185 Å². The number of ether oxygens (including phenoxy) is 3. The zero-order valence-corrected chi connectivity index (χ0v) is 17.8. The van der Waals surface area contributed by atoms with Gasteiger partial charge < -0.3 is 24.2 Å². The Morgan fingerprint density at radius 3 is 2.69 bits per heavy atom.